The molecule has 3 nitrogen and oxygen atoms in total. The number of nitrogen functional groups attached to an aromatic ring is 1. The molecule has 0 amide bonds. The Morgan fingerprint density at radius 2 is 2.12 bits per heavy atom. The summed E-state index contributed by atoms with van der Waals surface area (Å²) in [7, 11) is 0. The summed E-state index contributed by atoms with van der Waals surface area (Å²) in [5.74, 6) is 1.37. The van der Waals surface area contributed by atoms with E-state index in [9.17, 15) is 0 Å². The van der Waals surface area contributed by atoms with E-state index in [2.05, 4.69) is 53.9 Å². The van der Waals surface area contributed by atoms with Crippen molar-refractivity contribution < 1.29 is 0 Å². The van der Waals surface area contributed by atoms with Crippen LogP contribution in [-0.4, -0.2) is 11.5 Å². The fraction of sp³-hybridized carbons (Fsp3) is 0.583. The summed E-state index contributed by atoms with van der Waals surface area (Å²) in [6, 6.07) is 1.86. The second kappa shape index (κ2) is 5.04. The zero-order valence-corrected chi connectivity index (χ0v) is 11.9. The van der Waals surface area contributed by atoms with E-state index in [1.165, 1.54) is 0 Å². The first-order chi connectivity index (χ1) is 7.33. The van der Waals surface area contributed by atoms with Crippen LogP contribution < -0.4 is 11.1 Å². The molecule has 90 valence electrons. The maximum Gasteiger partial charge on any atom is 0.149 e. The minimum absolute atomic E-state index is 0.223. The smallest absolute Gasteiger partial charge is 0.149 e. The lowest BCUT2D eigenvalue weighted by Gasteiger charge is -2.29. The van der Waals surface area contributed by atoms with Crippen LogP contribution in [0.1, 0.15) is 27.7 Å². The second-order valence-electron chi connectivity index (χ2n) is 5.09. The summed E-state index contributed by atoms with van der Waals surface area (Å²) >= 11 is 3.34. The lowest BCUT2D eigenvalue weighted by molar-refractivity contribution is 0.269. The Morgan fingerprint density at radius 3 is 2.62 bits per heavy atom. The SMILES string of the molecule is CC(C)C(C)(C)CNc1ncc(Br)cc1N. The molecule has 1 rings (SSSR count). The fourth-order valence-corrected chi connectivity index (χ4v) is 1.47. The zero-order valence-electron chi connectivity index (χ0n) is 10.3. The predicted molar refractivity (Wildman–Crippen MR) is 73.5 cm³/mol. The number of anilines is 2. The Morgan fingerprint density at radius 1 is 1.50 bits per heavy atom. The standard InChI is InChI=1S/C12H20BrN3/c1-8(2)12(3,4)7-16-11-10(14)5-9(13)6-15-11/h5-6,8H,7,14H2,1-4H3,(H,15,16). The molecule has 0 atom stereocenters. The first-order valence-electron chi connectivity index (χ1n) is 5.48. The third-order valence-electron chi connectivity index (χ3n) is 3.16. The van der Waals surface area contributed by atoms with Gasteiger partial charge in [0.1, 0.15) is 5.82 Å². The van der Waals surface area contributed by atoms with E-state index >= 15 is 0 Å². The van der Waals surface area contributed by atoms with Gasteiger partial charge in [0.15, 0.2) is 0 Å². The summed E-state index contributed by atoms with van der Waals surface area (Å²) in [6.07, 6.45) is 1.75. The molecule has 0 radical (unpaired) electrons. The lowest BCUT2D eigenvalue weighted by atomic mass is 9.81. The molecule has 0 bridgehead atoms. The highest BCUT2D eigenvalue weighted by Crippen LogP contribution is 2.27. The molecule has 4 heteroatoms. The Labute approximate surface area is 106 Å². The molecule has 1 heterocycles. The second-order valence-corrected chi connectivity index (χ2v) is 6.00. The van der Waals surface area contributed by atoms with Gasteiger partial charge in [-0.1, -0.05) is 27.7 Å². The van der Waals surface area contributed by atoms with Crippen molar-refractivity contribution in [1.82, 2.24) is 4.98 Å². The molecule has 0 fully saturated rings. The summed E-state index contributed by atoms with van der Waals surface area (Å²) in [5.41, 5.74) is 6.77. The van der Waals surface area contributed by atoms with Gasteiger partial charge in [0.2, 0.25) is 0 Å². The minimum atomic E-state index is 0.223. The Bertz CT molecular complexity index is 361. The Kier molecular flexibility index (Phi) is 4.19. The van der Waals surface area contributed by atoms with Gasteiger partial charge in [0, 0.05) is 17.2 Å². The summed E-state index contributed by atoms with van der Waals surface area (Å²) in [5, 5.41) is 3.30. The molecule has 0 aliphatic carbocycles. The van der Waals surface area contributed by atoms with Crippen molar-refractivity contribution in [2.24, 2.45) is 11.3 Å². The number of halogens is 1. The first-order valence-corrected chi connectivity index (χ1v) is 6.27. The maximum absolute atomic E-state index is 5.87. The molecule has 0 aliphatic heterocycles. The van der Waals surface area contributed by atoms with E-state index < -0.39 is 0 Å². The Balaban J connectivity index is 2.68. The van der Waals surface area contributed by atoms with E-state index in [4.69, 9.17) is 5.73 Å². The van der Waals surface area contributed by atoms with Gasteiger partial charge in [-0.2, -0.15) is 0 Å². The number of rotatable bonds is 4. The van der Waals surface area contributed by atoms with Crippen molar-refractivity contribution >= 4 is 27.4 Å². The summed E-state index contributed by atoms with van der Waals surface area (Å²) < 4.78 is 0.902. The van der Waals surface area contributed by atoms with E-state index in [0.717, 1.165) is 16.8 Å². The molecule has 0 aliphatic rings. The van der Waals surface area contributed by atoms with Crippen LogP contribution in [0.3, 0.4) is 0 Å². The van der Waals surface area contributed by atoms with Gasteiger partial charge in [0.25, 0.3) is 0 Å². The van der Waals surface area contributed by atoms with Gasteiger partial charge in [0.05, 0.1) is 5.69 Å². The van der Waals surface area contributed by atoms with Crippen LogP contribution in [-0.2, 0) is 0 Å². The highest BCUT2D eigenvalue weighted by molar-refractivity contribution is 9.10. The molecule has 0 saturated heterocycles. The molecule has 1 aromatic rings. The molecule has 3 N–H and O–H groups in total. The van der Waals surface area contributed by atoms with E-state index in [1.54, 1.807) is 6.20 Å². The van der Waals surface area contributed by atoms with Crippen LogP contribution in [0.4, 0.5) is 11.5 Å². The summed E-state index contributed by atoms with van der Waals surface area (Å²) in [4.78, 5) is 4.26. The number of nitrogens with one attached hydrogen (secondary N) is 1. The van der Waals surface area contributed by atoms with Crippen molar-refractivity contribution in [3.63, 3.8) is 0 Å². The van der Waals surface area contributed by atoms with Crippen LogP contribution in [0.25, 0.3) is 0 Å². The average molecular weight is 286 g/mol. The molecule has 16 heavy (non-hydrogen) atoms. The van der Waals surface area contributed by atoms with Crippen molar-refractivity contribution in [2.75, 3.05) is 17.6 Å². The third kappa shape index (κ3) is 3.37. The minimum Gasteiger partial charge on any atom is -0.396 e. The number of nitrogens with zero attached hydrogens (tertiary/aromatic N) is 1. The quantitative estimate of drug-likeness (QED) is 0.890. The van der Waals surface area contributed by atoms with Gasteiger partial charge in [-0.05, 0) is 33.3 Å². The van der Waals surface area contributed by atoms with Gasteiger partial charge in [-0.3, -0.25) is 0 Å². The molecule has 0 aromatic carbocycles. The highest BCUT2D eigenvalue weighted by Gasteiger charge is 2.22. The third-order valence-corrected chi connectivity index (χ3v) is 3.59. The molecule has 0 unspecified atom stereocenters. The maximum atomic E-state index is 5.87. The number of hydrogen-bond donors (Lipinski definition) is 2. The van der Waals surface area contributed by atoms with E-state index in [-0.39, 0.29) is 5.41 Å². The molecular weight excluding hydrogens is 266 g/mol. The lowest BCUT2D eigenvalue weighted by Crippen LogP contribution is -2.29. The number of aromatic nitrogens is 1. The van der Waals surface area contributed by atoms with Crippen LogP contribution in [0, 0.1) is 11.3 Å². The van der Waals surface area contributed by atoms with Gasteiger partial charge in [-0.25, -0.2) is 4.98 Å². The van der Waals surface area contributed by atoms with Crippen LogP contribution >= 0.6 is 15.9 Å². The van der Waals surface area contributed by atoms with Crippen molar-refractivity contribution in [1.29, 1.82) is 0 Å². The van der Waals surface area contributed by atoms with Crippen LogP contribution in [0.5, 0.6) is 0 Å². The van der Waals surface area contributed by atoms with Gasteiger partial charge >= 0.3 is 0 Å². The molecule has 0 spiro atoms. The van der Waals surface area contributed by atoms with Crippen molar-refractivity contribution in [3.8, 4) is 0 Å². The largest absolute Gasteiger partial charge is 0.396 e. The first kappa shape index (κ1) is 13.3. The van der Waals surface area contributed by atoms with Crippen LogP contribution in [0.2, 0.25) is 0 Å². The molecular formula is C12H20BrN3. The fourth-order valence-electron chi connectivity index (χ4n) is 1.12. The zero-order chi connectivity index (χ0) is 12.3. The average Bonchev–Trinajstić information content (AvgIpc) is 2.16. The Hall–Kier alpha value is -0.770. The number of hydrogen-bond acceptors (Lipinski definition) is 3. The molecule has 0 saturated carbocycles. The van der Waals surface area contributed by atoms with E-state index in [0.29, 0.717) is 11.6 Å². The number of nitrogens with two attached hydrogens (primary N) is 1. The highest BCUT2D eigenvalue weighted by atomic mass is 79.9. The van der Waals surface area contributed by atoms with E-state index in [1.807, 2.05) is 6.07 Å². The van der Waals surface area contributed by atoms with Gasteiger partial charge < -0.3 is 11.1 Å². The normalized spacial score (nSPS) is 11.9. The van der Waals surface area contributed by atoms with Crippen LogP contribution in [0.15, 0.2) is 16.7 Å². The topological polar surface area (TPSA) is 50.9 Å². The number of pyridine rings is 1. The molecule has 1 aromatic heterocycles. The summed E-state index contributed by atoms with van der Waals surface area (Å²) in [6.45, 7) is 9.78. The van der Waals surface area contributed by atoms with Crippen molar-refractivity contribution in [3.05, 3.63) is 16.7 Å². The monoisotopic (exact) mass is 285 g/mol. The van der Waals surface area contributed by atoms with Crippen molar-refractivity contribution in [2.45, 2.75) is 27.7 Å². The predicted octanol–water partition coefficient (Wildman–Crippen LogP) is 3.52. The van der Waals surface area contributed by atoms with Gasteiger partial charge in [-0.15, -0.1) is 0 Å².